The van der Waals surface area contributed by atoms with Gasteiger partial charge in [0.15, 0.2) is 0 Å². The van der Waals surface area contributed by atoms with Crippen LogP contribution in [0, 0.1) is 0 Å². The van der Waals surface area contributed by atoms with Gasteiger partial charge in [-0.3, -0.25) is 4.79 Å². The largest absolute Gasteiger partial charge is 0.490 e. The third kappa shape index (κ3) is 7.14. The van der Waals surface area contributed by atoms with Crippen LogP contribution in [0.15, 0.2) is 36.4 Å². The molecule has 0 saturated carbocycles. The second-order valence-electron chi connectivity index (χ2n) is 9.87. The summed E-state index contributed by atoms with van der Waals surface area (Å²) in [5.74, 6) is 1.31. The van der Waals surface area contributed by atoms with Crippen LogP contribution in [0.3, 0.4) is 0 Å². The number of likely N-dealkylation sites (tertiary alicyclic amines) is 1. The van der Waals surface area contributed by atoms with Crippen LogP contribution in [0.2, 0.25) is 10.0 Å². The summed E-state index contributed by atoms with van der Waals surface area (Å²) in [6, 6.07) is 10.6. The molecule has 0 aromatic heterocycles. The Bertz CT molecular complexity index is 1110. The molecule has 194 valence electrons. The number of piperidine rings is 1. The van der Waals surface area contributed by atoms with Crippen molar-refractivity contribution in [3.05, 3.63) is 52.0 Å². The number of hydrogen-bond acceptors (Lipinski definition) is 6. The topological polar surface area (TPSA) is 71.1 Å². The highest BCUT2D eigenvalue weighted by Gasteiger charge is 2.28. The van der Waals surface area contributed by atoms with E-state index in [1.165, 1.54) is 0 Å². The zero-order valence-electron chi connectivity index (χ0n) is 20.7. The highest BCUT2D eigenvalue weighted by atomic mass is 35.5. The Morgan fingerprint density at radius 1 is 1.06 bits per heavy atom. The molecule has 2 aromatic rings. The zero-order chi connectivity index (χ0) is 25.9. The lowest BCUT2D eigenvalue weighted by Gasteiger charge is -2.33. The van der Waals surface area contributed by atoms with E-state index in [0.29, 0.717) is 53.0 Å². The van der Waals surface area contributed by atoms with Gasteiger partial charge in [0.2, 0.25) is 0 Å². The molecule has 2 aromatic carbocycles. The van der Waals surface area contributed by atoms with Crippen molar-refractivity contribution in [2.45, 2.75) is 51.7 Å². The Kier molecular flexibility index (Phi) is 8.48. The molecule has 2 fully saturated rings. The van der Waals surface area contributed by atoms with E-state index in [1.807, 2.05) is 32.9 Å². The number of hydrogen-bond donors (Lipinski definition) is 1. The van der Waals surface area contributed by atoms with Crippen molar-refractivity contribution in [1.82, 2.24) is 4.90 Å². The average Bonchev–Trinajstić information content (AvgIpc) is 3.33. The molecule has 2 saturated heterocycles. The van der Waals surface area contributed by atoms with Crippen LogP contribution in [-0.4, -0.2) is 54.0 Å². The number of anilines is 2. The van der Waals surface area contributed by atoms with Crippen LogP contribution in [0.25, 0.3) is 0 Å². The predicted octanol–water partition coefficient (Wildman–Crippen LogP) is 6.88. The van der Waals surface area contributed by atoms with Crippen molar-refractivity contribution in [2.24, 2.45) is 0 Å². The maximum atomic E-state index is 13.1. The summed E-state index contributed by atoms with van der Waals surface area (Å²) < 4.78 is 13.8. The summed E-state index contributed by atoms with van der Waals surface area (Å²) in [5.41, 5.74) is 1.36. The second kappa shape index (κ2) is 11.4. The molecular formula is C26H31Cl2N3O4S. The minimum absolute atomic E-state index is 0.0743. The highest BCUT2D eigenvalue weighted by Crippen LogP contribution is 2.32. The molecule has 0 spiro atoms. The summed E-state index contributed by atoms with van der Waals surface area (Å²) in [5, 5.41) is 3.73. The number of nitrogens with zero attached hydrogens (tertiary/aromatic N) is 2. The van der Waals surface area contributed by atoms with Gasteiger partial charge < -0.3 is 24.0 Å². The fourth-order valence-corrected chi connectivity index (χ4v) is 5.50. The Morgan fingerprint density at radius 3 is 2.47 bits per heavy atom. The maximum absolute atomic E-state index is 13.1. The van der Waals surface area contributed by atoms with Crippen LogP contribution in [0.5, 0.6) is 5.75 Å². The Balaban J connectivity index is 1.38. The average molecular weight is 553 g/mol. The van der Waals surface area contributed by atoms with Crippen LogP contribution < -0.4 is 14.4 Å². The third-order valence-electron chi connectivity index (χ3n) is 5.76. The molecule has 0 atom stereocenters. The minimum Gasteiger partial charge on any atom is -0.490 e. The van der Waals surface area contributed by atoms with Gasteiger partial charge in [0.25, 0.3) is 5.91 Å². The van der Waals surface area contributed by atoms with Gasteiger partial charge in [-0.2, -0.15) is 0 Å². The van der Waals surface area contributed by atoms with E-state index >= 15 is 0 Å². The van der Waals surface area contributed by atoms with Gasteiger partial charge >= 0.3 is 6.09 Å². The number of ether oxygens (including phenoxy) is 2. The van der Waals surface area contributed by atoms with E-state index in [4.69, 9.17) is 32.7 Å². The van der Waals surface area contributed by atoms with Gasteiger partial charge in [0.1, 0.15) is 17.5 Å². The number of carbonyl (C=O) groups is 2. The zero-order valence-corrected chi connectivity index (χ0v) is 23.0. The Morgan fingerprint density at radius 2 is 1.81 bits per heavy atom. The van der Waals surface area contributed by atoms with Crippen molar-refractivity contribution in [1.29, 1.82) is 0 Å². The van der Waals surface area contributed by atoms with E-state index in [9.17, 15) is 9.59 Å². The summed E-state index contributed by atoms with van der Waals surface area (Å²) in [6.07, 6.45) is 2.07. The lowest BCUT2D eigenvalue weighted by atomic mass is 10.1. The van der Waals surface area contributed by atoms with Crippen molar-refractivity contribution in [2.75, 3.05) is 35.0 Å². The van der Waals surface area contributed by atoms with Gasteiger partial charge in [-0.1, -0.05) is 23.2 Å². The number of benzene rings is 2. The fourth-order valence-electron chi connectivity index (χ4n) is 4.07. The Hall–Kier alpha value is -2.29. The quantitative estimate of drug-likeness (QED) is 0.408. The second-order valence-corrected chi connectivity index (χ2v) is 11.8. The van der Waals surface area contributed by atoms with Crippen molar-refractivity contribution >= 4 is 58.5 Å². The van der Waals surface area contributed by atoms with E-state index in [2.05, 4.69) is 9.62 Å². The first-order chi connectivity index (χ1) is 17.1. The smallest absolute Gasteiger partial charge is 0.410 e. The van der Waals surface area contributed by atoms with Crippen molar-refractivity contribution < 1.29 is 19.1 Å². The third-order valence-corrected chi connectivity index (χ3v) is 7.48. The SMILES string of the molecule is CC(C)(C)OC(=O)N1CCC(Oc2cc(Cl)cc(NC(=O)c3cc(N4CCCS4)ccc3Cl)c2)CC1. The molecule has 4 rings (SSSR count). The molecule has 2 amide bonds. The predicted molar refractivity (Wildman–Crippen MR) is 147 cm³/mol. The molecular weight excluding hydrogens is 521 g/mol. The number of nitrogens with one attached hydrogen (secondary N) is 1. The van der Waals surface area contributed by atoms with E-state index in [-0.39, 0.29) is 18.1 Å². The summed E-state index contributed by atoms with van der Waals surface area (Å²) in [7, 11) is 0. The van der Waals surface area contributed by atoms with E-state index in [0.717, 1.165) is 24.4 Å². The van der Waals surface area contributed by atoms with Gasteiger partial charge in [-0.15, -0.1) is 0 Å². The molecule has 0 bridgehead atoms. The molecule has 0 aliphatic carbocycles. The summed E-state index contributed by atoms with van der Waals surface area (Å²) >= 11 is 14.4. The first kappa shape index (κ1) is 26.8. The monoisotopic (exact) mass is 551 g/mol. The summed E-state index contributed by atoms with van der Waals surface area (Å²) in [4.78, 5) is 27.1. The number of halogens is 2. The minimum atomic E-state index is -0.523. The van der Waals surface area contributed by atoms with Gasteiger partial charge in [0, 0.05) is 60.7 Å². The number of rotatable bonds is 5. The van der Waals surface area contributed by atoms with Crippen molar-refractivity contribution in [3.8, 4) is 5.75 Å². The lowest BCUT2D eigenvalue weighted by molar-refractivity contribution is 0.0126. The molecule has 2 heterocycles. The van der Waals surface area contributed by atoms with E-state index in [1.54, 1.807) is 41.1 Å². The van der Waals surface area contributed by atoms with Crippen LogP contribution in [-0.2, 0) is 4.74 Å². The van der Waals surface area contributed by atoms with Crippen LogP contribution in [0.1, 0.15) is 50.4 Å². The number of amides is 2. The molecule has 36 heavy (non-hydrogen) atoms. The van der Waals surface area contributed by atoms with Crippen LogP contribution >= 0.6 is 35.1 Å². The number of carbonyl (C=O) groups excluding carboxylic acids is 2. The first-order valence-electron chi connectivity index (χ1n) is 12.0. The van der Waals surface area contributed by atoms with Gasteiger partial charge in [-0.25, -0.2) is 4.79 Å². The molecule has 0 radical (unpaired) electrons. The summed E-state index contributed by atoms with van der Waals surface area (Å²) in [6.45, 7) is 7.61. The molecule has 10 heteroatoms. The fraction of sp³-hybridized carbons (Fsp3) is 0.462. The Labute approximate surface area is 226 Å². The van der Waals surface area contributed by atoms with E-state index < -0.39 is 5.60 Å². The molecule has 7 nitrogen and oxygen atoms in total. The van der Waals surface area contributed by atoms with Gasteiger partial charge in [0.05, 0.1) is 10.6 Å². The highest BCUT2D eigenvalue weighted by molar-refractivity contribution is 8.00. The first-order valence-corrected chi connectivity index (χ1v) is 13.7. The standard InChI is InChI=1S/C26H31Cl2N3O4S/c1-26(2,3)35-25(33)30-10-7-20(8-11-30)34-21-14-17(27)13-18(15-21)29-24(32)22-16-19(5-6-23(22)28)31-9-4-12-36-31/h5-6,13-16,20H,4,7-12H2,1-3H3,(H,29,32). The molecule has 1 N–H and O–H groups in total. The molecule has 2 aliphatic heterocycles. The van der Waals surface area contributed by atoms with Gasteiger partial charge in [-0.05, 0) is 69.5 Å². The molecule has 0 unspecified atom stereocenters. The molecule has 2 aliphatic rings. The van der Waals surface area contributed by atoms with Crippen LogP contribution in [0.4, 0.5) is 16.2 Å². The maximum Gasteiger partial charge on any atom is 0.410 e. The van der Waals surface area contributed by atoms with Crippen molar-refractivity contribution in [3.63, 3.8) is 0 Å². The lowest BCUT2D eigenvalue weighted by Crippen LogP contribution is -2.44. The normalized spacial score (nSPS) is 16.7.